The molecule has 0 N–H and O–H groups in total. The molecule has 0 aromatic heterocycles. The number of aryl methyl sites for hydroxylation is 1. The monoisotopic (exact) mass is 347 g/mol. The second-order valence-electron chi connectivity index (χ2n) is 7.47. The van der Waals surface area contributed by atoms with Gasteiger partial charge in [-0.05, 0) is 44.4 Å². The second kappa shape index (κ2) is 5.71. The van der Waals surface area contributed by atoms with Crippen LogP contribution in [0.25, 0.3) is 6.08 Å². The number of nitrogens with zero attached hydrogens (tertiary/aromatic N) is 1. The van der Waals surface area contributed by atoms with E-state index in [9.17, 15) is 4.79 Å². The van der Waals surface area contributed by atoms with Crippen LogP contribution in [0.3, 0.4) is 0 Å². The van der Waals surface area contributed by atoms with Crippen LogP contribution >= 0.6 is 0 Å². The van der Waals surface area contributed by atoms with E-state index in [1.165, 1.54) is 12.8 Å². The minimum atomic E-state index is -0.0454. The lowest BCUT2D eigenvalue weighted by Gasteiger charge is -2.30. The van der Waals surface area contributed by atoms with Crippen LogP contribution in [0.1, 0.15) is 45.5 Å². The van der Waals surface area contributed by atoms with Crippen molar-refractivity contribution in [2.75, 3.05) is 6.73 Å². The SMILES string of the molecule is Cc1cccc(/C=C2\Oc3c(cc4c(c3C)OCN(C3CC3)C4)C2=O)c1. The molecular weight excluding hydrogens is 326 g/mol. The molecule has 0 saturated heterocycles. The standard InChI is InChI=1S/C22H21NO3/c1-13-4-3-5-15(8-13)9-19-20(24)18-10-16-11-23(17-6-7-17)12-25-21(16)14(2)22(18)26-19/h3-5,8-10,17H,6-7,11-12H2,1-2H3/b19-9-. The molecule has 2 heterocycles. The van der Waals surface area contributed by atoms with Gasteiger partial charge in [0.2, 0.25) is 5.78 Å². The lowest BCUT2D eigenvalue weighted by Crippen LogP contribution is -2.34. The average Bonchev–Trinajstić information content (AvgIpc) is 3.43. The van der Waals surface area contributed by atoms with Crippen LogP contribution in [0.4, 0.5) is 0 Å². The number of benzene rings is 2. The van der Waals surface area contributed by atoms with Crippen LogP contribution in [-0.4, -0.2) is 23.5 Å². The van der Waals surface area contributed by atoms with Crippen LogP contribution in [0.2, 0.25) is 0 Å². The largest absolute Gasteiger partial charge is 0.477 e. The van der Waals surface area contributed by atoms with Crippen molar-refractivity contribution in [2.45, 2.75) is 39.3 Å². The average molecular weight is 347 g/mol. The first-order valence-electron chi connectivity index (χ1n) is 9.14. The number of carbonyl (C=O) groups excluding carboxylic acids is 1. The topological polar surface area (TPSA) is 38.8 Å². The molecule has 2 aliphatic heterocycles. The Morgan fingerprint density at radius 3 is 2.77 bits per heavy atom. The summed E-state index contributed by atoms with van der Waals surface area (Å²) < 4.78 is 12.0. The van der Waals surface area contributed by atoms with Crippen LogP contribution < -0.4 is 9.47 Å². The van der Waals surface area contributed by atoms with Gasteiger partial charge in [0, 0.05) is 23.7 Å². The highest BCUT2D eigenvalue weighted by atomic mass is 16.5. The minimum Gasteiger partial charge on any atom is -0.477 e. The Hall–Kier alpha value is -2.59. The van der Waals surface area contributed by atoms with Crippen LogP contribution in [0.15, 0.2) is 36.1 Å². The number of hydrogen-bond donors (Lipinski definition) is 0. The number of ether oxygens (including phenoxy) is 2. The minimum absolute atomic E-state index is 0.0454. The third-order valence-electron chi connectivity index (χ3n) is 5.37. The Bertz CT molecular complexity index is 956. The molecule has 0 spiro atoms. The summed E-state index contributed by atoms with van der Waals surface area (Å²) in [4.78, 5) is 15.2. The third-order valence-corrected chi connectivity index (χ3v) is 5.37. The highest BCUT2D eigenvalue weighted by Gasteiger charge is 2.36. The van der Waals surface area contributed by atoms with Gasteiger partial charge in [0.15, 0.2) is 5.76 Å². The number of hydrogen-bond acceptors (Lipinski definition) is 4. The van der Waals surface area contributed by atoms with Crippen molar-refractivity contribution in [2.24, 2.45) is 0 Å². The van der Waals surface area contributed by atoms with Gasteiger partial charge in [-0.2, -0.15) is 0 Å². The van der Waals surface area contributed by atoms with Crippen molar-refractivity contribution in [3.8, 4) is 11.5 Å². The van der Waals surface area contributed by atoms with Crippen LogP contribution in [0, 0.1) is 13.8 Å². The van der Waals surface area contributed by atoms with E-state index in [0.29, 0.717) is 29.8 Å². The van der Waals surface area contributed by atoms with Gasteiger partial charge in [0.05, 0.1) is 5.56 Å². The van der Waals surface area contributed by atoms with E-state index in [0.717, 1.165) is 34.5 Å². The zero-order valence-electron chi connectivity index (χ0n) is 15.0. The maximum atomic E-state index is 12.9. The summed E-state index contributed by atoms with van der Waals surface area (Å²) in [6.45, 7) is 5.48. The molecule has 0 unspecified atom stereocenters. The maximum absolute atomic E-state index is 12.9. The predicted molar refractivity (Wildman–Crippen MR) is 99.4 cm³/mol. The summed E-state index contributed by atoms with van der Waals surface area (Å²) in [6, 6.07) is 10.6. The number of rotatable bonds is 2. The quantitative estimate of drug-likeness (QED) is 0.762. The summed E-state index contributed by atoms with van der Waals surface area (Å²) in [5.74, 6) is 1.86. The van der Waals surface area contributed by atoms with Gasteiger partial charge >= 0.3 is 0 Å². The van der Waals surface area contributed by atoms with E-state index in [2.05, 4.69) is 4.90 Å². The lowest BCUT2D eigenvalue weighted by atomic mass is 10.00. The highest BCUT2D eigenvalue weighted by molar-refractivity contribution is 6.15. The van der Waals surface area contributed by atoms with Gasteiger partial charge in [-0.3, -0.25) is 9.69 Å². The normalized spacial score (nSPS) is 20.5. The molecule has 4 nitrogen and oxygen atoms in total. The van der Waals surface area contributed by atoms with Gasteiger partial charge in [-0.25, -0.2) is 0 Å². The van der Waals surface area contributed by atoms with Crippen molar-refractivity contribution >= 4 is 11.9 Å². The van der Waals surface area contributed by atoms with Crippen LogP contribution in [-0.2, 0) is 6.54 Å². The smallest absolute Gasteiger partial charge is 0.231 e. The fraction of sp³-hybridized carbons (Fsp3) is 0.318. The molecule has 0 atom stereocenters. The molecule has 26 heavy (non-hydrogen) atoms. The molecule has 132 valence electrons. The Labute approximate surface area is 153 Å². The van der Waals surface area contributed by atoms with Crippen molar-refractivity contribution in [1.29, 1.82) is 0 Å². The maximum Gasteiger partial charge on any atom is 0.231 e. The number of allylic oxidation sites excluding steroid dienone is 1. The Kier molecular flexibility index (Phi) is 3.44. The molecule has 0 amide bonds. The van der Waals surface area contributed by atoms with Crippen molar-refractivity contribution in [3.63, 3.8) is 0 Å². The second-order valence-corrected chi connectivity index (χ2v) is 7.47. The molecule has 1 aliphatic carbocycles. The van der Waals surface area contributed by atoms with Gasteiger partial charge in [-0.15, -0.1) is 0 Å². The molecule has 5 rings (SSSR count). The first-order chi connectivity index (χ1) is 12.6. The first-order valence-corrected chi connectivity index (χ1v) is 9.14. The van der Waals surface area contributed by atoms with E-state index < -0.39 is 0 Å². The van der Waals surface area contributed by atoms with Gasteiger partial charge in [0.25, 0.3) is 0 Å². The molecule has 2 aromatic carbocycles. The summed E-state index contributed by atoms with van der Waals surface area (Å²) >= 11 is 0. The molecule has 1 fully saturated rings. The summed E-state index contributed by atoms with van der Waals surface area (Å²) in [5.41, 5.74) is 4.80. The number of Topliss-reactive ketones (excluding diaryl/α,β-unsaturated/α-hetero) is 1. The van der Waals surface area contributed by atoms with E-state index in [1.807, 2.05) is 50.3 Å². The van der Waals surface area contributed by atoms with E-state index in [4.69, 9.17) is 9.47 Å². The molecule has 1 saturated carbocycles. The Morgan fingerprint density at radius 2 is 2.00 bits per heavy atom. The lowest BCUT2D eigenvalue weighted by molar-refractivity contribution is 0.0872. The number of carbonyl (C=O) groups is 1. The summed E-state index contributed by atoms with van der Waals surface area (Å²) in [6.07, 6.45) is 4.31. The fourth-order valence-electron chi connectivity index (χ4n) is 3.85. The predicted octanol–water partition coefficient (Wildman–Crippen LogP) is 4.23. The van der Waals surface area contributed by atoms with E-state index in [1.54, 1.807) is 0 Å². The van der Waals surface area contributed by atoms with Crippen molar-refractivity contribution in [3.05, 3.63) is 63.9 Å². The molecule has 3 aliphatic rings. The molecule has 4 heteroatoms. The zero-order valence-corrected chi connectivity index (χ0v) is 15.0. The summed E-state index contributed by atoms with van der Waals surface area (Å²) in [5, 5.41) is 0. The van der Waals surface area contributed by atoms with Gasteiger partial charge in [0.1, 0.15) is 18.2 Å². The Morgan fingerprint density at radius 1 is 1.15 bits per heavy atom. The van der Waals surface area contributed by atoms with Crippen molar-refractivity contribution < 1.29 is 14.3 Å². The fourth-order valence-corrected chi connectivity index (χ4v) is 3.85. The van der Waals surface area contributed by atoms with Crippen molar-refractivity contribution in [1.82, 2.24) is 4.90 Å². The third kappa shape index (κ3) is 2.53. The Balaban J connectivity index is 1.52. The van der Waals surface area contributed by atoms with Crippen LogP contribution in [0.5, 0.6) is 11.5 Å². The van der Waals surface area contributed by atoms with Gasteiger partial charge in [-0.1, -0.05) is 29.8 Å². The highest BCUT2D eigenvalue weighted by Crippen LogP contribution is 2.44. The number of fused-ring (bicyclic) bond motifs is 2. The first kappa shape index (κ1) is 15.6. The van der Waals surface area contributed by atoms with E-state index >= 15 is 0 Å². The zero-order chi connectivity index (χ0) is 17.8. The molecule has 2 aromatic rings. The summed E-state index contributed by atoms with van der Waals surface area (Å²) in [7, 11) is 0. The molecule has 0 radical (unpaired) electrons. The van der Waals surface area contributed by atoms with E-state index in [-0.39, 0.29) is 5.78 Å². The molecular formula is C22H21NO3. The van der Waals surface area contributed by atoms with Gasteiger partial charge < -0.3 is 9.47 Å². The molecule has 0 bridgehead atoms. The number of ketones is 1.